The van der Waals surface area contributed by atoms with Gasteiger partial charge in [-0.3, -0.25) is 0 Å². The first-order chi connectivity index (χ1) is 4.63. The molecule has 0 radical (unpaired) electrons. The number of nitrogens with zero attached hydrogens (tertiary/aromatic N) is 1. The molecule has 0 aliphatic rings. The average Bonchev–Trinajstić information content (AvgIpc) is 1.93. The second kappa shape index (κ2) is 2.42. The summed E-state index contributed by atoms with van der Waals surface area (Å²) in [6.45, 7) is 0. The summed E-state index contributed by atoms with van der Waals surface area (Å²) in [5.41, 5.74) is 10.7. The zero-order valence-corrected chi connectivity index (χ0v) is 6.52. The van der Waals surface area contributed by atoms with Crippen molar-refractivity contribution in [2.24, 2.45) is 0 Å². The van der Waals surface area contributed by atoms with Crippen molar-refractivity contribution in [1.29, 1.82) is 0 Å². The van der Waals surface area contributed by atoms with Gasteiger partial charge < -0.3 is 11.5 Å². The van der Waals surface area contributed by atoms with Crippen LogP contribution in [0.5, 0.6) is 0 Å². The van der Waals surface area contributed by atoms with Crippen LogP contribution >= 0.6 is 15.9 Å². The van der Waals surface area contributed by atoms with Crippen LogP contribution in [0, 0.1) is 5.82 Å². The van der Waals surface area contributed by atoms with E-state index in [1.807, 2.05) is 0 Å². The van der Waals surface area contributed by atoms with Gasteiger partial charge in [0.25, 0.3) is 0 Å². The molecule has 0 amide bonds. The third-order valence-corrected chi connectivity index (χ3v) is 1.85. The average molecular weight is 206 g/mol. The van der Waals surface area contributed by atoms with Gasteiger partial charge in [-0.1, -0.05) is 0 Å². The number of pyridine rings is 1. The number of anilines is 2. The van der Waals surface area contributed by atoms with Gasteiger partial charge in [0.15, 0.2) is 5.82 Å². The van der Waals surface area contributed by atoms with E-state index in [-0.39, 0.29) is 16.0 Å². The lowest BCUT2D eigenvalue weighted by atomic mass is 10.4. The molecule has 0 spiro atoms. The standard InChI is InChI=1S/C5H5BrFN3/c6-3-2(7)1-10-5(9)4(3)8/h1H,8H2,(H2,9,10). The fourth-order valence-electron chi connectivity index (χ4n) is 0.494. The highest BCUT2D eigenvalue weighted by atomic mass is 79.9. The van der Waals surface area contributed by atoms with Crippen LogP contribution < -0.4 is 11.5 Å². The van der Waals surface area contributed by atoms with Gasteiger partial charge in [-0.25, -0.2) is 9.37 Å². The number of nitrogen functional groups attached to an aromatic ring is 2. The van der Waals surface area contributed by atoms with Crippen molar-refractivity contribution in [3.05, 3.63) is 16.5 Å². The van der Waals surface area contributed by atoms with Gasteiger partial charge >= 0.3 is 0 Å². The van der Waals surface area contributed by atoms with E-state index in [0.717, 1.165) is 6.20 Å². The third kappa shape index (κ3) is 1.04. The van der Waals surface area contributed by atoms with E-state index in [9.17, 15) is 4.39 Å². The fraction of sp³-hybridized carbons (Fsp3) is 0. The first-order valence-corrected chi connectivity index (χ1v) is 3.27. The smallest absolute Gasteiger partial charge is 0.157 e. The molecule has 0 unspecified atom stereocenters. The van der Waals surface area contributed by atoms with Crippen molar-refractivity contribution in [2.75, 3.05) is 11.5 Å². The zero-order chi connectivity index (χ0) is 7.72. The van der Waals surface area contributed by atoms with Crippen LogP contribution in [0.3, 0.4) is 0 Å². The first kappa shape index (κ1) is 7.27. The van der Waals surface area contributed by atoms with E-state index in [2.05, 4.69) is 20.9 Å². The van der Waals surface area contributed by atoms with Crippen LogP contribution in [0.25, 0.3) is 0 Å². The van der Waals surface area contributed by atoms with Crippen molar-refractivity contribution in [3.63, 3.8) is 0 Å². The van der Waals surface area contributed by atoms with Crippen LogP contribution in [0.4, 0.5) is 15.9 Å². The number of hydrogen-bond acceptors (Lipinski definition) is 3. The Morgan fingerprint density at radius 1 is 1.50 bits per heavy atom. The molecule has 0 aliphatic heterocycles. The summed E-state index contributed by atoms with van der Waals surface area (Å²) >= 11 is 2.91. The molecule has 3 nitrogen and oxygen atoms in total. The van der Waals surface area contributed by atoms with Crippen LogP contribution in [-0.4, -0.2) is 4.98 Å². The molecular formula is C5H5BrFN3. The molecule has 5 heteroatoms. The van der Waals surface area contributed by atoms with E-state index in [1.54, 1.807) is 0 Å². The van der Waals surface area contributed by atoms with Crippen molar-refractivity contribution in [3.8, 4) is 0 Å². The maximum absolute atomic E-state index is 12.5. The minimum absolute atomic E-state index is 0.133. The summed E-state index contributed by atoms with van der Waals surface area (Å²) in [6, 6.07) is 0. The Bertz CT molecular complexity index is 236. The van der Waals surface area contributed by atoms with Gasteiger partial charge in [-0.05, 0) is 15.9 Å². The Labute approximate surface area is 65.4 Å². The predicted octanol–water partition coefficient (Wildman–Crippen LogP) is 1.15. The van der Waals surface area contributed by atoms with Gasteiger partial charge in [0.2, 0.25) is 0 Å². The van der Waals surface area contributed by atoms with Crippen molar-refractivity contribution in [2.45, 2.75) is 0 Å². The Balaban J connectivity index is 3.34. The van der Waals surface area contributed by atoms with Crippen molar-refractivity contribution < 1.29 is 4.39 Å². The van der Waals surface area contributed by atoms with Crippen molar-refractivity contribution >= 4 is 27.4 Å². The topological polar surface area (TPSA) is 64.9 Å². The lowest BCUT2D eigenvalue weighted by Gasteiger charge is -2.00. The summed E-state index contributed by atoms with van der Waals surface area (Å²) in [6.07, 6.45) is 1.01. The second-order valence-corrected chi connectivity index (χ2v) is 2.51. The molecular weight excluding hydrogens is 201 g/mol. The predicted molar refractivity (Wildman–Crippen MR) is 40.7 cm³/mol. The summed E-state index contributed by atoms with van der Waals surface area (Å²) < 4.78 is 12.7. The summed E-state index contributed by atoms with van der Waals surface area (Å²) in [4.78, 5) is 3.49. The first-order valence-electron chi connectivity index (χ1n) is 2.48. The molecule has 4 N–H and O–H groups in total. The van der Waals surface area contributed by atoms with E-state index in [1.165, 1.54) is 0 Å². The maximum Gasteiger partial charge on any atom is 0.157 e. The Morgan fingerprint density at radius 2 is 2.10 bits per heavy atom. The normalized spacial score (nSPS) is 9.80. The molecule has 0 saturated heterocycles. The van der Waals surface area contributed by atoms with Crippen molar-refractivity contribution in [1.82, 2.24) is 4.98 Å². The highest BCUT2D eigenvalue weighted by Crippen LogP contribution is 2.25. The molecule has 0 aliphatic carbocycles. The van der Waals surface area contributed by atoms with Gasteiger partial charge in [0.05, 0.1) is 16.4 Å². The highest BCUT2D eigenvalue weighted by molar-refractivity contribution is 9.10. The van der Waals surface area contributed by atoms with Gasteiger partial charge in [0.1, 0.15) is 5.82 Å². The van der Waals surface area contributed by atoms with E-state index in [4.69, 9.17) is 11.5 Å². The van der Waals surface area contributed by atoms with Gasteiger partial charge in [0, 0.05) is 0 Å². The summed E-state index contributed by atoms with van der Waals surface area (Å²) in [5.74, 6) is -0.375. The number of hydrogen-bond donors (Lipinski definition) is 2. The highest BCUT2D eigenvalue weighted by Gasteiger charge is 2.05. The number of aromatic nitrogens is 1. The lowest BCUT2D eigenvalue weighted by Crippen LogP contribution is -1.99. The molecule has 1 aromatic rings. The lowest BCUT2D eigenvalue weighted by molar-refractivity contribution is 0.616. The van der Waals surface area contributed by atoms with E-state index < -0.39 is 5.82 Å². The SMILES string of the molecule is Nc1ncc(F)c(Br)c1N. The van der Waals surface area contributed by atoms with Gasteiger partial charge in [-0.2, -0.15) is 0 Å². The molecule has 0 atom stereocenters. The molecule has 1 heterocycles. The van der Waals surface area contributed by atoms with E-state index in [0.29, 0.717) is 0 Å². The van der Waals surface area contributed by atoms with Crippen LogP contribution in [0.1, 0.15) is 0 Å². The monoisotopic (exact) mass is 205 g/mol. The molecule has 0 aromatic carbocycles. The quantitative estimate of drug-likeness (QED) is 0.668. The number of rotatable bonds is 0. The Hall–Kier alpha value is -0.840. The molecule has 0 saturated carbocycles. The summed E-state index contributed by atoms with van der Waals surface area (Å²) in [7, 11) is 0. The maximum atomic E-state index is 12.5. The molecule has 0 fully saturated rings. The van der Waals surface area contributed by atoms with Crippen LogP contribution in [0.15, 0.2) is 10.7 Å². The van der Waals surface area contributed by atoms with E-state index >= 15 is 0 Å². The largest absolute Gasteiger partial charge is 0.395 e. The molecule has 1 aromatic heterocycles. The Morgan fingerprint density at radius 3 is 2.60 bits per heavy atom. The molecule has 0 bridgehead atoms. The minimum atomic E-state index is -0.508. The minimum Gasteiger partial charge on any atom is -0.395 e. The summed E-state index contributed by atoms with van der Waals surface area (Å²) in [5, 5.41) is 0. The zero-order valence-electron chi connectivity index (χ0n) is 4.94. The fourth-order valence-corrected chi connectivity index (χ4v) is 0.799. The van der Waals surface area contributed by atoms with Crippen LogP contribution in [-0.2, 0) is 0 Å². The second-order valence-electron chi connectivity index (χ2n) is 1.72. The number of halogens is 2. The third-order valence-electron chi connectivity index (χ3n) is 1.04. The molecule has 54 valence electrons. The Kier molecular flexibility index (Phi) is 1.76. The van der Waals surface area contributed by atoms with Gasteiger partial charge in [-0.15, -0.1) is 0 Å². The number of nitrogens with two attached hydrogens (primary N) is 2. The molecule has 1 rings (SSSR count). The molecule has 10 heavy (non-hydrogen) atoms. The van der Waals surface area contributed by atoms with Crippen LogP contribution in [0.2, 0.25) is 0 Å².